The van der Waals surface area contributed by atoms with E-state index in [0.717, 1.165) is 89.9 Å². The lowest BCUT2D eigenvalue weighted by atomic mass is 10.1. The van der Waals surface area contributed by atoms with Crippen molar-refractivity contribution in [2.24, 2.45) is 0 Å². The topological polar surface area (TPSA) is 111 Å². The normalized spacial score (nSPS) is 13.3. The number of hydrogen-bond donors (Lipinski definition) is 0. The number of quaternary nitrogens is 1. The van der Waals surface area contributed by atoms with Crippen molar-refractivity contribution in [3.05, 3.63) is 60.8 Å². The molecule has 0 radical (unpaired) electrons. The van der Waals surface area contributed by atoms with Crippen LogP contribution in [0.5, 0.6) is 0 Å². The summed E-state index contributed by atoms with van der Waals surface area (Å²) in [4.78, 5) is 37.2. The highest BCUT2D eigenvalue weighted by Gasteiger charge is 2.21. The van der Waals surface area contributed by atoms with Gasteiger partial charge in [-0.05, 0) is 83.5 Å². The van der Waals surface area contributed by atoms with Crippen molar-refractivity contribution in [3.63, 3.8) is 0 Å². The zero-order chi connectivity index (χ0) is 47.0. The van der Waals surface area contributed by atoms with Crippen LogP contribution in [0, 0.1) is 0 Å². The fourth-order valence-electron chi connectivity index (χ4n) is 6.92. The molecule has 9 heteroatoms. The Morgan fingerprint density at radius 1 is 0.469 bits per heavy atom. The molecule has 0 aliphatic rings. The molecule has 0 fully saturated rings. The number of hydrogen-bond acceptors (Lipinski definition) is 8. The molecule has 9 nitrogen and oxygen atoms in total. The van der Waals surface area contributed by atoms with Crippen LogP contribution in [0.2, 0.25) is 0 Å². The summed E-state index contributed by atoms with van der Waals surface area (Å²) in [5.74, 6) is -2.31. The maximum atomic E-state index is 12.8. The lowest BCUT2D eigenvalue weighted by Gasteiger charge is -2.26. The minimum Gasteiger partial charge on any atom is -0.545 e. The van der Waals surface area contributed by atoms with E-state index in [0.29, 0.717) is 17.4 Å². The third-order valence-electron chi connectivity index (χ3n) is 11.0. The van der Waals surface area contributed by atoms with Gasteiger partial charge in [0.15, 0.2) is 12.4 Å². The number of rotatable bonds is 47. The first-order valence-electron chi connectivity index (χ1n) is 25.9. The molecular weight excluding hydrogens is 803 g/mol. The van der Waals surface area contributed by atoms with E-state index in [4.69, 9.17) is 18.9 Å². The van der Waals surface area contributed by atoms with Gasteiger partial charge in [0.05, 0.1) is 40.3 Å². The predicted octanol–water partition coefficient (Wildman–Crippen LogP) is 13.2. The van der Waals surface area contributed by atoms with Crippen molar-refractivity contribution >= 4 is 17.9 Å². The number of unbranched alkanes of at least 4 members (excludes halogenated alkanes) is 22. The van der Waals surface area contributed by atoms with Gasteiger partial charge in [-0.1, -0.05) is 177 Å². The fourth-order valence-corrected chi connectivity index (χ4v) is 6.92. The molecule has 2 atom stereocenters. The summed E-state index contributed by atoms with van der Waals surface area (Å²) >= 11 is 0. The van der Waals surface area contributed by atoms with Crippen LogP contribution in [-0.4, -0.2) is 82.3 Å². The molecule has 0 rings (SSSR count). The molecule has 0 aromatic heterocycles. The lowest BCUT2D eigenvalue weighted by molar-refractivity contribution is -0.870. The third-order valence-corrected chi connectivity index (χ3v) is 11.0. The number of carbonyl (C=O) groups excluding carboxylic acids is 3. The van der Waals surface area contributed by atoms with Crippen molar-refractivity contribution < 1.29 is 42.9 Å². The van der Waals surface area contributed by atoms with Crippen molar-refractivity contribution in [1.82, 2.24) is 0 Å². The second kappa shape index (κ2) is 46.5. The van der Waals surface area contributed by atoms with Crippen LogP contribution in [0.25, 0.3) is 0 Å². The number of carboxylic acids is 1. The highest BCUT2D eigenvalue weighted by atomic mass is 16.7. The van der Waals surface area contributed by atoms with Gasteiger partial charge >= 0.3 is 11.9 Å². The van der Waals surface area contributed by atoms with Crippen molar-refractivity contribution in [2.75, 3.05) is 47.5 Å². The average molecular weight is 900 g/mol. The van der Waals surface area contributed by atoms with Gasteiger partial charge in [-0.2, -0.15) is 0 Å². The molecule has 0 spiro atoms. The Hall–Kier alpha value is -3.01. The van der Waals surface area contributed by atoms with Crippen LogP contribution in [0.4, 0.5) is 0 Å². The van der Waals surface area contributed by atoms with E-state index >= 15 is 0 Å². The second-order valence-electron chi connectivity index (χ2n) is 18.5. The molecule has 0 saturated heterocycles. The van der Waals surface area contributed by atoms with Gasteiger partial charge in [0.1, 0.15) is 13.2 Å². The van der Waals surface area contributed by atoms with E-state index in [2.05, 4.69) is 74.6 Å². The van der Waals surface area contributed by atoms with Crippen LogP contribution in [0.3, 0.4) is 0 Å². The van der Waals surface area contributed by atoms with Crippen LogP contribution in [-0.2, 0) is 33.3 Å². The number of carboxylic acid groups (broad SMARTS) is 1. The predicted molar refractivity (Wildman–Crippen MR) is 265 cm³/mol. The molecule has 0 aromatic carbocycles. The number of carbonyl (C=O) groups is 3. The van der Waals surface area contributed by atoms with E-state index in [1.54, 1.807) is 0 Å². The number of allylic oxidation sites excluding steroid dienone is 10. The molecule has 0 aliphatic carbocycles. The minimum atomic E-state index is -1.63. The Labute approximate surface area is 393 Å². The van der Waals surface area contributed by atoms with Gasteiger partial charge in [0.2, 0.25) is 0 Å². The monoisotopic (exact) mass is 900 g/mol. The molecule has 2 unspecified atom stereocenters. The molecule has 0 aliphatic heterocycles. The highest BCUT2D eigenvalue weighted by Crippen LogP contribution is 2.14. The molecule has 0 N–H and O–H groups in total. The molecule has 370 valence electrons. The first-order chi connectivity index (χ1) is 31.1. The first kappa shape index (κ1) is 61.0. The summed E-state index contributed by atoms with van der Waals surface area (Å²) < 4.78 is 22.6. The smallest absolute Gasteiger partial charge is 0.306 e. The summed E-state index contributed by atoms with van der Waals surface area (Å²) in [5, 5.41) is 11.7. The summed E-state index contributed by atoms with van der Waals surface area (Å²) in [5.41, 5.74) is 0. The largest absolute Gasteiger partial charge is 0.545 e. The summed E-state index contributed by atoms with van der Waals surface area (Å²) in [6.07, 6.45) is 53.9. The van der Waals surface area contributed by atoms with E-state index in [1.165, 1.54) is 89.9 Å². The number of esters is 2. The van der Waals surface area contributed by atoms with Gasteiger partial charge in [-0.3, -0.25) is 9.59 Å². The molecule has 0 heterocycles. The molecular formula is C55H97NO8. The Bertz CT molecular complexity index is 1230. The van der Waals surface area contributed by atoms with Gasteiger partial charge in [0.25, 0.3) is 0 Å². The zero-order valence-corrected chi connectivity index (χ0v) is 41.9. The van der Waals surface area contributed by atoms with Crippen LogP contribution in [0.1, 0.15) is 213 Å². The second-order valence-corrected chi connectivity index (χ2v) is 18.5. The Balaban J connectivity index is 4.39. The quantitative estimate of drug-likeness (QED) is 0.0195. The van der Waals surface area contributed by atoms with Crippen LogP contribution < -0.4 is 5.11 Å². The number of likely N-dealkylation sites (N-methyl/N-ethyl adjacent to an activating group) is 1. The van der Waals surface area contributed by atoms with E-state index < -0.39 is 24.3 Å². The number of ether oxygens (including phenoxy) is 4. The molecule has 0 aromatic rings. The van der Waals surface area contributed by atoms with Gasteiger partial charge in [-0.25, -0.2) is 0 Å². The summed E-state index contributed by atoms with van der Waals surface area (Å²) in [6.45, 7) is 4.69. The van der Waals surface area contributed by atoms with Crippen molar-refractivity contribution in [2.45, 2.75) is 225 Å². The van der Waals surface area contributed by atoms with E-state index in [9.17, 15) is 19.5 Å². The van der Waals surface area contributed by atoms with Gasteiger partial charge in [0, 0.05) is 12.8 Å². The molecule has 64 heavy (non-hydrogen) atoms. The number of aliphatic carboxylic acids is 1. The standard InChI is InChI=1S/C55H97NO8/c1-6-8-10-12-14-16-18-20-22-24-26-27-28-30-32-34-36-38-40-42-44-46-53(58)64-51(50-63-55(54(59)60)61-48-47-56(3,4)5)49-62-52(57)45-43-41-39-37-35-33-31-29-25-23-21-19-17-15-13-11-9-7-2/h17-20,23-26,28,30,51,55H,6-16,21-22,27,29,31-50H2,1-5H3/b19-17-,20-18-,25-23-,26-24-,30-28-. The maximum Gasteiger partial charge on any atom is 0.306 e. The maximum absolute atomic E-state index is 12.8. The average Bonchev–Trinajstić information content (AvgIpc) is 3.26. The summed E-state index contributed by atoms with van der Waals surface area (Å²) in [6, 6.07) is 0. The SMILES string of the molecule is CCCCCC/C=C\C/C=C\CCCCCCCCCC(=O)OCC(COC(OCC[N+](C)(C)C)C(=O)[O-])OC(=O)CCCCCCCC/C=C\C/C=C\C/C=C\CCCCCCC. The Morgan fingerprint density at radius 3 is 1.27 bits per heavy atom. The Morgan fingerprint density at radius 2 is 0.844 bits per heavy atom. The van der Waals surface area contributed by atoms with Gasteiger partial charge in [-0.15, -0.1) is 0 Å². The van der Waals surface area contributed by atoms with Crippen molar-refractivity contribution in [1.29, 1.82) is 0 Å². The summed E-state index contributed by atoms with van der Waals surface area (Å²) in [7, 11) is 5.90. The number of nitrogens with zero attached hydrogens (tertiary/aromatic N) is 1. The van der Waals surface area contributed by atoms with E-state index in [1.807, 2.05) is 21.1 Å². The molecule has 0 bridgehead atoms. The van der Waals surface area contributed by atoms with Gasteiger partial charge < -0.3 is 33.3 Å². The third kappa shape index (κ3) is 47.0. The molecule has 0 saturated carbocycles. The fraction of sp³-hybridized carbons (Fsp3) is 0.764. The van der Waals surface area contributed by atoms with Crippen LogP contribution in [0.15, 0.2) is 60.8 Å². The van der Waals surface area contributed by atoms with Crippen molar-refractivity contribution in [3.8, 4) is 0 Å². The highest BCUT2D eigenvalue weighted by molar-refractivity contribution is 5.70. The Kier molecular flexibility index (Phi) is 44.3. The molecule has 0 amide bonds. The van der Waals surface area contributed by atoms with E-state index in [-0.39, 0.29) is 38.6 Å². The lowest BCUT2D eigenvalue weighted by Crippen LogP contribution is -2.44. The minimum absolute atomic E-state index is 0.141. The zero-order valence-electron chi connectivity index (χ0n) is 41.9. The van der Waals surface area contributed by atoms with Crippen LogP contribution >= 0.6 is 0 Å². The first-order valence-corrected chi connectivity index (χ1v) is 25.9.